The molecule has 1 unspecified atom stereocenters. The molecule has 1 atom stereocenters. The topological polar surface area (TPSA) is 20.2 Å². The van der Waals surface area contributed by atoms with Crippen molar-refractivity contribution in [2.75, 3.05) is 0 Å². The number of aliphatic hydroxyl groups is 1. The van der Waals surface area contributed by atoms with Crippen LogP contribution in [0.3, 0.4) is 0 Å². The molecule has 0 heterocycles. The molecule has 1 aliphatic rings. The largest absolute Gasteiger partial charge is 0.388 e. The molecule has 0 saturated heterocycles. The molecule has 1 aromatic carbocycles. The molecule has 2 rings (SSSR count). The summed E-state index contributed by atoms with van der Waals surface area (Å²) in [5, 5.41) is 10.0. The molecule has 1 N–H and O–H groups in total. The summed E-state index contributed by atoms with van der Waals surface area (Å²) in [5.41, 5.74) is 1.03. The average molecular weight is 367 g/mol. The van der Waals surface area contributed by atoms with Crippen molar-refractivity contribution in [3.05, 3.63) is 31.8 Å². The lowest BCUT2D eigenvalue weighted by atomic mass is 10.0. The van der Waals surface area contributed by atoms with E-state index in [1.54, 1.807) is 0 Å². The zero-order valence-electron chi connectivity index (χ0n) is 7.71. The van der Waals surface area contributed by atoms with Gasteiger partial charge in [-0.15, -0.1) is 0 Å². The Morgan fingerprint density at radius 2 is 2.21 bits per heavy atom. The first-order valence-corrected chi connectivity index (χ1v) is 6.67. The van der Waals surface area contributed by atoms with Crippen molar-refractivity contribution in [1.82, 2.24) is 0 Å². The second-order valence-electron chi connectivity index (χ2n) is 3.86. The van der Waals surface area contributed by atoms with Gasteiger partial charge in [0.1, 0.15) is 0 Å². The minimum atomic E-state index is -0.299. The summed E-state index contributed by atoms with van der Waals surface area (Å²) in [6.07, 6.45) is 3.20. The Kier molecular flexibility index (Phi) is 3.50. The van der Waals surface area contributed by atoms with Crippen molar-refractivity contribution in [3.8, 4) is 0 Å². The van der Waals surface area contributed by atoms with Gasteiger partial charge in [0.05, 0.1) is 6.10 Å². The second kappa shape index (κ2) is 4.49. The van der Waals surface area contributed by atoms with Crippen molar-refractivity contribution in [1.29, 1.82) is 0 Å². The van der Waals surface area contributed by atoms with E-state index in [2.05, 4.69) is 44.6 Å². The van der Waals surface area contributed by atoms with E-state index in [9.17, 15) is 5.11 Å². The minimum Gasteiger partial charge on any atom is -0.388 e. The Morgan fingerprint density at radius 3 is 2.86 bits per heavy atom. The van der Waals surface area contributed by atoms with Crippen LogP contribution in [0.15, 0.2) is 22.7 Å². The molecule has 0 spiro atoms. The molecule has 0 amide bonds. The first-order chi connectivity index (χ1) is 6.66. The van der Waals surface area contributed by atoms with E-state index in [0.717, 1.165) is 22.4 Å². The predicted molar refractivity (Wildman–Crippen MR) is 69.2 cm³/mol. The van der Waals surface area contributed by atoms with Crippen LogP contribution < -0.4 is 0 Å². The molecule has 1 saturated carbocycles. The fourth-order valence-corrected chi connectivity index (χ4v) is 2.59. The van der Waals surface area contributed by atoms with Gasteiger partial charge in [-0.25, -0.2) is 0 Å². The third-order valence-electron chi connectivity index (χ3n) is 2.57. The molecule has 14 heavy (non-hydrogen) atoms. The number of hydrogen-bond donors (Lipinski definition) is 1. The number of benzene rings is 1. The van der Waals surface area contributed by atoms with Crippen molar-refractivity contribution < 1.29 is 5.11 Å². The van der Waals surface area contributed by atoms with Gasteiger partial charge in [0.2, 0.25) is 0 Å². The summed E-state index contributed by atoms with van der Waals surface area (Å²) < 4.78 is 2.20. The zero-order valence-corrected chi connectivity index (χ0v) is 11.5. The van der Waals surface area contributed by atoms with Crippen LogP contribution in [0.25, 0.3) is 0 Å². The Balaban J connectivity index is 2.15. The minimum absolute atomic E-state index is 0.299. The monoisotopic (exact) mass is 366 g/mol. The van der Waals surface area contributed by atoms with Gasteiger partial charge in [-0.05, 0) is 58.7 Å². The summed E-state index contributed by atoms with van der Waals surface area (Å²) in [6, 6.07) is 6.10. The van der Waals surface area contributed by atoms with Gasteiger partial charge in [0.25, 0.3) is 0 Å². The smallest absolute Gasteiger partial charge is 0.0804 e. The van der Waals surface area contributed by atoms with Crippen LogP contribution in [0.4, 0.5) is 0 Å². The van der Waals surface area contributed by atoms with E-state index in [4.69, 9.17) is 0 Å². The molecule has 1 aromatic rings. The maximum Gasteiger partial charge on any atom is 0.0804 e. The van der Waals surface area contributed by atoms with E-state index in [1.807, 2.05) is 12.1 Å². The van der Waals surface area contributed by atoms with Gasteiger partial charge >= 0.3 is 0 Å². The summed E-state index contributed by atoms with van der Waals surface area (Å²) in [5.74, 6) is 0.759. The van der Waals surface area contributed by atoms with Gasteiger partial charge in [-0.3, -0.25) is 0 Å². The molecule has 1 nitrogen and oxygen atoms in total. The normalized spacial score (nSPS) is 18.2. The van der Waals surface area contributed by atoms with E-state index in [-0.39, 0.29) is 6.10 Å². The van der Waals surface area contributed by atoms with E-state index < -0.39 is 0 Å². The first kappa shape index (κ1) is 10.9. The molecule has 1 aliphatic carbocycles. The summed E-state index contributed by atoms with van der Waals surface area (Å²) in [7, 11) is 0. The van der Waals surface area contributed by atoms with Gasteiger partial charge in [-0.1, -0.05) is 28.8 Å². The molecular weight excluding hydrogens is 355 g/mol. The predicted octanol–water partition coefficient (Wildman–Crippen LogP) is 3.89. The third kappa shape index (κ3) is 2.70. The molecule has 0 radical (unpaired) electrons. The summed E-state index contributed by atoms with van der Waals surface area (Å²) >= 11 is 5.75. The zero-order chi connectivity index (χ0) is 10.1. The Bertz CT molecular complexity index is 336. The van der Waals surface area contributed by atoms with Crippen LogP contribution in [0.1, 0.15) is 30.9 Å². The molecule has 0 aromatic heterocycles. The standard InChI is InChI=1S/C11H12BrIO/c12-10-4-3-8(13)6-9(10)11(14)5-7-1-2-7/h3-4,6-7,11,14H,1-2,5H2. The van der Waals surface area contributed by atoms with Gasteiger partial charge in [0.15, 0.2) is 0 Å². The second-order valence-corrected chi connectivity index (χ2v) is 5.96. The highest BCUT2D eigenvalue weighted by Crippen LogP contribution is 2.39. The maximum absolute atomic E-state index is 10.0. The van der Waals surface area contributed by atoms with Crippen LogP contribution >= 0.6 is 38.5 Å². The highest BCUT2D eigenvalue weighted by Gasteiger charge is 2.25. The quantitative estimate of drug-likeness (QED) is 0.804. The number of aliphatic hydroxyl groups excluding tert-OH is 1. The van der Waals surface area contributed by atoms with E-state index in [1.165, 1.54) is 16.4 Å². The Labute approximate surface area is 106 Å². The lowest BCUT2D eigenvalue weighted by Gasteiger charge is -2.12. The van der Waals surface area contributed by atoms with Crippen molar-refractivity contribution in [3.63, 3.8) is 0 Å². The summed E-state index contributed by atoms with van der Waals surface area (Å²) in [4.78, 5) is 0. The van der Waals surface area contributed by atoms with Crippen molar-refractivity contribution >= 4 is 38.5 Å². The highest BCUT2D eigenvalue weighted by atomic mass is 127. The molecular formula is C11H12BrIO. The molecule has 76 valence electrons. The summed E-state index contributed by atoms with van der Waals surface area (Å²) in [6.45, 7) is 0. The van der Waals surface area contributed by atoms with Gasteiger partial charge < -0.3 is 5.11 Å². The van der Waals surface area contributed by atoms with Crippen LogP contribution in [-0.4, -0.2) is 5.11 Å². The van der Waals surface area contributed by atoms with E-state index >= 15 is 0 Å². The number of rotatable bonds is 3. The van der Waals surface area contributed by atoms with Gasteiger partial charge in [-0.2, -0.15) is 0 Å². The number of hydrogen-bond acceptors (Lipinski definition) is 1. The van der Waals surface area contributed by atoms with Crippen LogP contribution in [0.2, 0.25) is 0 Å². The molecule has 1 fully saturated rings. The average Bonchev–Trinajstić information content (AvgIpc) is 2.93. The fourth-order valence-electron chi connectivity index (χ4n) is 1.57. The Morgan fingerprint density at radius 1 is 1.50 bits per heavy atom. The van der Waals surface area contributed by atoms with Crippen molar-refractivity contribution in [2.45, 2.75) is 25.4 Å². The highest BCUT2D eigenvalue weighted by molar-refractivity contribution is 14.1. The Hall–Kier alpha value is 0.390. The third-order valence-corrected chi connectivity index (χ3v) is 3.96. The van der Waals surface area contributed by atoms with E-state index in [0.29, 0.717) is 0 Å². The van der Waals surface area contributed by atoms with Crippen LogP contribution in [0, 0.1) is 9.49 Å². The van der Waals surface area contributed by atoms with Crippen LogP contribution in [0.5, 0.6) is 0 Å². The lowest BCUT2D eigenvalue weighted by molar-refractivity contribution is 0.159. The SMILES string of the molecule is OC(CC1CC1)c1cc(I)ccc1Br. The molecule has 3 heteroatoms. The lowest BCUT2D eigenvalue weighted by Crippen LogP contribution is -2.00. The fraction of sp³-hybridized carbons (Fsp3) is 0.455. The molecule has 0 bridgehead atoms. The van der Waals surface area contributed by atoms with Crippen LogP contribution in [-0.2, 0) is 0 Å². The maximum atomic E-state index is 10.0. The van der Waals surface area contributed by atoms with Crippen molar-refractivity contribution in [2.24, 2.45) is 5.92 Å². The molecule has 0 aliphatic heterocycles. The first-order valence-electron chi connectivity index (χ1n) is 4.80. The number of halogens is 2. The van der Waals surface area contributed by atoms with Gasteiger partial charge in [0, 0.05) is 8.04 Å².